The van der Waals surface area contributed by atoms with Gasteiger partial charge < -0.3 is 9.46 Å². The van der Waals surface area contributed by atoms with Crippen LogP contribution in [0.25, 0.3) is 0 Å². The van der Waals surface area contributed by atoms with E-state index >= 15 is 0 Å². The summed E-state index contributed by atoms with van der Waals surface area (Å²) >= 11 is 1.26. The van der Waals surface area contributed by atoms with Crippen molar-refractivity contribution in [3.63, 3.8) is 0 Å². The van der Waals surface area contributed by atoms with E-state index in [1.54, 1.807) is 0 Å². The van der Waals surface area contributed by atoms with E-state index in [1.165, 1.54) is 11.9 Å². The molecular formula is C7H5NO3S. The number of ether oxygens (including phenoxy) is 1. The number of hydrogen-bond acceptors (Lipinski definition) is 5. The van der Waals surface area contributed by atoms with Crippen molar-refractivity contribution in [2.24, 2.45) is 0 Å². The lowest BCUT2D eigenvalue weighted by Crippen LogP contribution is -2.21. The Morgan fingerprint density at radius 3 is 2.92 bits per heavy atom. The van der Waals surface area contributed by atoms with Crippen molar-refractivity contribution in [3.05, 3.63) is 24.3 Å². The molecule has 1 aromatic rings. The highest BCUT2D eigenvalue weighted by atomic mass is 32.2. The lowest BCUT2D eigenvalue weighted by Gasteiger charge is -2.19. The van der Waals surface area contributed by atoms with Crippen molar-refractivity contribution < 1.29 is 14.5 Å². The number of benzene rings is 1. The Morgan fingerprint density at radius 2 is 2.08 bits per heavy atom. The van der Waals surface area contributed by atoms with Crippen LogP contribution in [0, 0.1) is 0 Å². The van der Waals surface area contributed by atoms with E-state index in [4.69, 9.17) is 4.74 Å². The van der Waals surface area contributed by atoms with Gasteiger partial charge in [-0.2, -0.15) is 0 Å². The number of para-hydroxylation sites is 2. The highest BCUT2D eigenvalue weighted by Crippen LogP contribution is 2.49. The molecule has 1 fully saturated rings. The summed E-state index contributed by atoms with van der Waals surface area (Å²) in [5.74, 6) is 0.744. The summed E-state index contributed by atoms with van der Waals surface area (Å²) in [6.07, 6.45) is 0. The highest BCUT2D eigenvalue weighted by Gasteiger charge is 2.57. The minimum absolute atomic E-state index is 0.744. The first-order valence-electron chi connectivity index (χ1n) is 3.47. The summed E-state index contributed by atoms with van der Waals surface area (Å²) < 4.78 is 8.44. The summed E-state index contributed by atoms with van der Waals surface area (Å²) in [5.41, 5.74) is 0.937. The number of anilines is 1. The van der Waals surface area contributed by atoms with Gasteiger partial charge in [-0.25, -0.2) is 0 Å². The average Bonchev–Trinajstić information content (AvgIpc) is 2.85. The highest BCUT2D eigenvalue weighted by molar-refractivity contribution is 8.01. The van der Waals surface area contributed by atoms with Crippen LogP contribution in [0.3, 0.4) is 0 Å². The molecule has 5 heteroatoms. The summed E-state index contributed by atoms with van der Waals surface area (Å²) in [6.45, 7) is 0. The zero-order chi connectivity index (χ0) is 8.02. The van der Waals surface area contributed by atoms with Crippen LogP contribution in [0.15, 0.2) is 24.3 Å². The lowest BCUT2D eigenvalue weighted by molar-refractivity contribution is 0.0850. The van der Waals surface area contributed by atoms with Crippen molar-refractivity contribution in [1.29, 1.82) is 0 Å². The Kier molecular flexibility index (Phi) is 1.13. The molecule has 3 rings (SSSR count). The standard InChI is InChI=1S/C7H5NO3S/c1-2-4-6-5(3-1)8-12-7(9-6)10-11-7/h1-4,8H. The number of fused-ring (bicyclic) bond motifs is 1. The molecule has 2 aliphatic rings. The second-order valence-corrected chi connectivity index (χ2v) is 3.38. The minimum atomic E-state index is -0.922. The molecule has 4 nitrogen and oxygen atoms in total. The Labute approximate surface area is 72.9 Å². The van der Waals surface area contributed by atoms with Gasteiger partial charge in [0.2, 0.25) is 0 Å². The van der Waals surface area contributed by atoms with E-state index in [0.717, 1.165) is 11.4 Å². The third-order valence-corrected chi connectivity index (χ3v) is 2.42. The molecule has 2 heterocycles. The molecule has 12 heavy (non-hydrogen) atoms. The van der Waals surface area contributed by atoms with Crippen LogP contribution in [-0.4, -0.2) is 5.31 Å². The second-order valence-electron chi connectivity index (χ2n) is 2.47. The fourth-order valence-electron chi connectivity index (χ4n) is 1.02. The zero-order valence-electron chi connectivity index (χ0n) is 5.94. The Bertz CT molecular complexity index is 326. The van der Waals surface area contributed by atoms with E-state index in [0.29, 0.717) is 0 Å². The maximum Gasteiger partial charge on any atom is 0.455 e. The van der Waals surface area contributed by atoms with Crippen molar-refractivity contribution in [2.45, 2.75) is 5.31 Å². The van der Waals surface area contributed by atoms with Gasteiger partial charge in [-0.3, -0.25) is 0 Å². The van der Waals surface area contributed by atoms with Crippen molar-refractivity contribution in [1.82, 2.24) is 0 Å². The first-order valence-corrected chi connectivity index (χ1v) is 4.29. The van der Waals surface area contributed by atoms with E-state index in [9.17, 15) is 0 Å². The summed E-state index contributed by atoms with van der Waals surface area (Å²) in [4.78, 5) is 9.34. The van der Waals surface area contributed by atoms with Gasteiger partial charge in [0, 0.05) is 0 Å². The Hall–Kier alpha value is -0.910. The molecule has 1 spiro atoms. The minimum Gasteiger partial charge on any atom is -0.424 e. The van der Waals surface area contributed by atoms with Crippen LogP contribution in [0.5, 0.6) is 5.75 Å². The Balaban J connectivity index is 2.01. The molecule has 1 saturated heterocycles. The van der Waals surface area contributed by atoms with E-state index in [-0.39, 0.29) is 0 Å². The van der Waals surface area contributed by atoms with Crippen LogP contribution in [-0.2, 0) is 9.78 Å². The first-order chi connectivity index (χ1) is 5.88. The molecule has 0 aromatic heterocycles. The normalized spacial score (nSPS) is 22.3. The van der Waals surface area contributed by atoms with Gasteiger partial charge in [-0.1, -0.05) is 12.1 Å². The van der Waals surface area contributed by atoms with Crippen molar-refractivity contribution in [2.75, 3.05) is 4.72 Å². The maximum atomic E-state index is 5.39. The molecule has 1 aromatic carbocycles. The van der Waals surface area contributed by atoms with Crippen LogP contribution >= 0.6 is 11.9 Å². The predicted molar refractivity (Wildman–Crippen MR) is 43.2 cm³/mol. The van der Waals surface area contributed by atoms with Crippen molar-refractivity contribution in [3.8, 4) is 5.75 Å². The first kappa shape index (κ1) is 6.59. The smallest absolute Gasteiger partial charge is 0.424 e. The third kappa shape index (κ3) is 0.874. The number of hydrogen-bond donors (Lipinski definition) is 1. The molecule has 0 bridgehead atoms. The molecule has 0 amide bonds. The van der Waals surface area contributed by atoms with Gasteiger partial charge in [0.15, 0.2) is 5.75 Å². The monoisotopic (exact) mass is 183 g/mol. The summed E-state index contributed by atoms with van der Waals surface area (Å²) in [5, 5.41) is -0.922. The Morgan fingerprint density at radius 1 is 1.25 bits per heavy atom. The van der Waals surface area contributed by atoms with Crippen molar-refractivity contribution >= 4 is 17.6 Å². The summed E-state index contributed by atoms with van der Waals surface area (Å²) in [7, 11) is 0. The SMILES string of the molecule is c1ccc2c(c1)NSC1(OO1)O2. The zero-order valence-corrected chi connectivity index (χ0v) is 6.76. The van der Waals surface area contributed by atoms with Gasteiger partial charge in [-0.15, -0.1) is 9.78 Å². The molecule has 62 valence electrons. The van der Waals surface area contributed by atoms with Gasteiger partial charge >= 0.3 is 5.31 Å². The van der Waals surface area contributed by atoms with Crippen LogP contribution < -0.4 is 9.46 Å². The van der Waals surface area contributed by atoms with Crippen LogP contribution in [0.1, 0.15) is 0 Å². The molecule has 0 saturated carbocycles. The van der Waals surface area contributed by atoms with Gasteiger partial charge in [0.05, 0.1) is 17.6 Å². The largest absolute Gasteiger partial charge is 0.455 e. The van der Waals surface area contributed by atoms with Gasteiger partial charge in [0.25, 0.3) is 0 Å². The molecule has 0 unspecified atom stereocenters. The van der Waals surface area contributed by atoms with Gasteiger partial charge in [-0.05, 0) is 12.1 Å². The molecule has 0 aliphatic carbocycles. The fraction of sp³-hybridized carbons (Fsp3) is 0.143. The molecule has 1 N–H and O–H groups in total. The third-order valence-electron chi connectivity index (χ3n) is 1.63. The van der Waals surface area contributed by atoms with E-state index in [1.807, 2.05) is 24.3 Å². The van der Waals surface area contributed by atoms with E-state index in [2.05, 4.69) is 14.5 Å². The van der Waals surface area contributed by atoms with Crippen LogP contribution in [0.2, 0.25) is 0 Å². The van der Waals surface area contributed by atoms with Crippen LogP contribution in [0.4, 0.5) is 5.69 Å². The lowest BCUT2D eigenvalue weighted by atomic mass is 10.3. The molecule has 0 atom stereocenters. The predicted octanol–water partition coefficient (Wildman–Crippen LogP) is 1.71. The second kappa shape index (κ2) is 2.07. The fourth-order valence-corrected chi connectivity index (χ4v) is 1.65. The maximum absolute atomic E-state index is 5.39. The molecule has 2 aliphatic heterocycles. The van der Waals surface area contributed by atoms with Gasteiger partial charge in [0.1, 0.15) is 0 Å². The topological polar surface area (TPSA) is 46.3 Å². The quantitative estimate of drug-likeness (QED) is 0.377. The summed E-state index contributed by atoms with van der Waals surface area (Å²) in [6, 6.07) is 7.61. The number of nitrogens with one attached hydrogen (secondary N) is 1. The molecular weight excluding hydrogens is 178 g/mol. The molecule has 0 radical (unpaired) electrons. The number of rotatable bonds is 0. The van der Waals surface area contributed by atoms with E-state index < -0.39 is 5.31 Å². The average molecular weight is 183 g/mol.